The zero-order chi connectivity index (χ0) is 35.7. The zero-order valence-electron chi connectivity index (χ0n) is 28.6. The molecule has 0 spiro atoms. The standard InChI is InChI=1S/C37H46ClN3O8/c1-7-18-47-23(3)31-35(44)48-28(22(2)32-33(49-32)25-12-9-8-10-13-25)14-11-15-30(42)40-27(20-24-16-17-29(46-6)26(38)19-24)34(43)39-21-37(4,5)36(45)41-31/h7-13,15-17,19,22-23,27-28,31-33H,1,14,18,20-21H2,2-6H3,(H,39,43)(H,40,42)(H,41,45)/b15-11+/t22-,23+,27+,28-,31-,32+,33+/m0/s1. The molecule has 0 radical (unpaired) electrons. The Morgan fingerprint density at radius 2 is 1.82 bits per heavy atom. The van der Waals surface area contributed by atoms with E-state index in [1.54, 1.807) is 51.1 Å². The van der Waals surface area contributed by atoms with Crippen LogP contribution in [0.1, 0.15) is 51.3 Å². The Balaban J connectivity index is 1.63. The van der Waals surface area contributed by atoms with Gasteiger partial charge in [-0.15, -0.1) is 6.58 Å². The number of hydrogen-bond donors (Lipinski definition) is 3. The van der Waals surface area contributed by atoms with Crippen LogP contribution in [0.4, 0.5) is 0 Å². The molecule has 2 aliphatic rings. The summed E-state index contributed by atoms with van der Waals surface area (Å²) in [5, 5.41) is 8.73. The molecule has 0 unspecified atom stereocenters. The van der Waals surface area contributed by atoms with E-state index >= 15 is 0 Å². The predicted octanol–water partition coefficient (Wildman–Crippen LogP) is 4.24. The molecule has 0 aromatic heterocycles. The lowest BCUT2D eigenvalue weighted by Crippen LogP contribution is -2.56. The number of carbonyl (C=O) groups is 4. The maximum atomic E-state index is 13.8. The highest BCUT2D eigenvalue weighted by Gasteiger charge is 2.48. The maximum Gasteiger partial charge on any atom is 0.331 e. The molecule has 2 aromatic carbocycles. The smallest absolute Gasteiger partial charge is 0.331 e. The number of hydrogen-bond acceptors (Lipinski definition) is 8. The maximum absolute atomic E-state index is 13.8. The van der Waals surface area contributed by atoms with Crippen molar-refractivity contribution in [1.29, 1.82) is 0 Å². The normalized spacial score (nSPS) is 26.6. The van der Waals surface area contributed by atoms with Gasteiger partial charge in [-0.25, -0.2) is 4.79 Å². The third kappa shape index (κ3) is 10.2. The first-order valence-electron chi connectivity index (χ1n) is 16.4. The van der Waals surface area contributed by atoms with Gasteiger partial charge >= 0.3 is 5.97 Å². The fourth-order valence-electron chi connectivity index (χ4n) is 5.58. The van der Waals surface area contributed by atoms with Crippen LogP contribution in [-0.4, -0.2) is 74.3 Å². The molecule has 3 amide bonds. The molecule has 11 nitrogen and oxygen atoms in total. The van der Waals surface area contributed by atoms with Gasteiger partial charge in [0.2, 0.25) is 17.7 Å². The lowest BCUT2D eigenvalue weighted by Gasteiger charge is -2.31. The van der Waals surface area contributed by atoms with Crippen LogP contribution in [0.3, 0.4) is 0 Å². The van der Waals surface area contributed by atoms with E-state index in [1.807, 2.05) is 37.3 Å². The van der Waals surface area contributed by atoms with Gasteiger partial charge in [-0.05, 0) is 50.1 Å². The highest BCUT2D eigenvalue weighted by atomic mass is 35.5. The van der Waals surface area contributed by atoms with Gasteiger partial charge < -0.3 is 34.9 Å². The van der Waals surface area contributed by atoms with Gasteiger partial charge in [-0.2, -0.15) is 0 Å². The largest absolute Gasteiger partial charge is 0.495 e. The van der Waals surface area contributed by atoms with Crippen molar-refractivity contribution in [1.82, 2.24) is 16.0 Å². The average molecular weight is 696 g/mol. The number of halogens is 1. The number of esters is 1. The van der Waals surface area contributed by atoms with Crippen molar-refractivity contribution < 1.29 is 38.1 Å². The molecule has 2 heterocycles. The van der Waals surface area contributed by atoms with Crippen molar-refractivity contribution in [3.8, 4) is 5.75 Å². The average Bonchev–Trinajstić information content (AvgIpc) is 3.88. The van der Waals surface area contributed by atoms with Crippen LogP contribution in [0.5, 0.6) is 5.75 Å². The molecular weight excluding hydrogens is 650 g/mol. The second kappa shape index (κ2) is 17.0. The second-order valence-corrected chi connectivity index (χ2v) is 13.4. The summed E-state index contributed by atoms with van der Waals surface area (Å²) < 4.78 is 23.1. The molecule has 12 heteroatoms. The summed E-state index contributed by atoms with van der Waals surface area (Å²) in [5.74, 6) is -2.01. The second-order valence-electron chi connectivity index (χ2n) is 13.0. The first kappa shape index (κ1) is 37.6. The van der Waals surface area contributed by atoms with Crippen LogP contribution in [0.2, 0.25) is 5.02 Å². The van der Waals surface area contributed by atoms with Gasteiger partial charge in [0.05, 0.1) is 36.4 Å². The van der Waals surface area contributed by atoms with E-state index in [9.17, 15) is 19.2 Å². The highest BCUT2D eigenvalue weighted by Crippen LogP contribution is 2.45. The molecule has 2 aromatic rings. The molecule has 264 valence electrons. The fraction of sp³-hybridized carbons (Fsp3) is 0.459. The number of methoxy groups -OCH3 is 1. The first-order chi connectivity index (χ1) is 23.3. The third-order valence-corrected chi connectivity index (χ3v) is 9.05. The summed E-state index contributed by atoms with van der Waals surface area (Å²) in [6, 6.07) is 12.7. The number of nitrogens with one attached hydrogen (secondary N) is 3. The fourth-order valence-corrected chi connectivity index (χ4v) is 5.86. The number of epoxide rings is 1. The molecule has 49 heavy (non-hydrogen) atoms. The summed E-state index contributed by atoms with van der Waals surface area (Å²) in [4.78, 5) is 54.2. The quantitative estimate of drug-likeness (QED) is 0.190. The predicted molar refractivity (Wildman–Crippen MR) is 185 cm³/mol. The number of carbonyl (C=O) groups excluding carboxylic acids is 4. The molecule has 4 rings (SSSR count). The minimum absolute atomic E-state index is 0.0908. The van der Waals surface area contributed by atoms with Gasteiger partial charge in [-0.1, -0.05) is 67.1 Å². The summed E-state index contributed by atoms with van der Waals surface area (Å²) in [5.41, 5.74) is 0.532. The highest BCUT2D eigenvalue weighted by molar-refractivity contribution is 6.32. The van der Waals surface area contributed by atoms with E-state index in [1.165, 1.54) is 13.2 Å². The van der Waals surface area contributed by atoms with Crippen LogP contribution in [0, 0.1) is 11.3 Å². The van der Waals surface area contributed by atoms with E-state index in [4.69, 9.17) is 30.5 Å². The third-order valence-electron chi connectivity index (χ3n) is 8.76. The zero-order valence-corrected chi connectivity index (χ0v) is 29.3. The van der Waals surface area contributed by atoms with E-state index < -0.39 is 53.4 Å². The molecular formula is C37H46ClN3O8. The van der Waals surface area contributed by atoms with Gasteiger partial charge in [-0.3, -0.25) is 14.4 Å². The van der Waals surface area contributed by atoms with Crippen LogP contribution >= 0.6 is 11.6 Å². The number of amides is 3. The van der Waals surface area contributed by atoms with Gasteiger partial charge in [0.25, 0.3) is 0 Å². The first-order valence-corrected chi connectivity index (χ1v) is 16.7. The lowest BCUT2D eigenvalue weighted by atomic mass is 9.91. The minimum atomic E-state index is -1.17. The SMILES string of the molecule is C=CCO[C@H](C)[C@@H]1NC(=O)C(C)(C)CNC(=O)[C@@H](Cc2ccc(OC)c(Cl)c2)NC(=O)/C=C/C[C@@H]([C@H](C)[C@H]2O[C@@H]2c2ccccc2)OC1=O. The van der Waals surface area contributed by atoms with E-state index in [-0.39, 0.29) is 44.1 Å². The minimum Gasteiger partial charge on any atom is -0.495 e. The van der Waals surface area contributed by atoms with Crippen LogP contribution in [-0.2, 0) is 39.8 Å². The number of cyclic esters (lactones) is 1. The monoisotopic (exact) mass is 695 g/mol. The Bertz CT molecular complexity index is 1530. The topological polar surface area (TPSA) is 145 Å². The van der Waals surface area contributed by atoms with Crippen LogP contribution < -0.4 is 20.7 Å². The Morgan fingerprint density at radius 3 is 2.49 bits per heavy atom. The summed E-state index contributed by atoms with van der Waals surface area (Å²) in [6.07, 6.45) is 2.86. The van der Waals surface area contributed by atoms with Crippen LogP contribution in [0.25, 0.3) is 0 Å². The van der Waals surface area contributed by atoms with Crippen molar-refractivity contribution in [3.63, 3.8) is 0 Å². The molecule has 0 bridgehead atoms. The van der Waals surface area contributed by atoms with E-state index in [0.717, 1.165) is 5.56 Å². The van der Waals surface area contributed by atoms with Gasteiger partial charge in [0.15, 0.2) is 6.04 Å². The molecule has 7 atom stereocenters. The van der Waals surface area contributed by atoms with Gasteiger partial charge in [0, 0.05) is 25.3 Å². The van der Waals surface area contributed by atoms with Crippen LogP contribution in [0.15, 0.2) is 73.3 Å². The molecule has 2 aliphatic heterocycles. The Hall–Kier alpha value is -4.19. The van der Waals surface area contributed by atoms with Crippen molar-refractivity contribution in [3.05, 3.63) is 89.5 Å². The molecule has 1 saturated heterocycles. The molecule has 1 fully saturated rings. The van der Waals surface area contributed by atoms with Gasteiger partial charge in [0.1, 0.15) is 24.0 Å². The number of rotatable bonds is 10. The number of ether oxygens (including phenoxy) is 4. The number of benzene rings is 2. The molecule has 0 saturated carbocycles. The summed E-state index contributed by atoms with van der Waals surface area (Å²) in [7, 11) is 1.50. The van der Waals surface area contributed by atoms with Crippen molar-refractivity contribution in [2.24, 2.45) is 11.3 Å². The van der Waals surface area contributed by atoms with E-state index in [2.05, 4.69) is 22.5 Å². The summed E-state index contributed by atoms with van der Waals surface area (Å²) >= 11 is 6.33. The Morgan fingerprint density at radius 1 is 1.08 bits per heavy atom. The molecule has 0 aliphatic carbocycles. The van der Waals surface area contributed by atoms with E-state index in [0.29, 0.717) is 16.3 Å². The molecule has 3 N–H and O–H groups in total. The summed E-state index contributed by atoms with van der Waals surface area (Å²) in [6.45, 7) is 10.6. The van der Waals surface area contributed by atoms with Crippen molar-refractivity contribution in [2.75, 3.05) is 20.3 Å². The Labute approximate surface area is 292 Å². The van der Waals surface area contributed by atoms with Crippen molar-refractivity contribution >= 4 is 35.3 Å². The Kier molecular flexibility index (Phi) is 13.0. The lowest BCUT2D eigenvalue weighted by molar-refractivity contribution is -0.160. The van der Waals surface area contributed by atoms with Crippen molar-refractivity contribution in [2.45, 2.75) is 77.0 Å².